The van der Waals surface area contributed by atoms with E-state index >= 15 is 0 Å². The summed E-state index contributed by atoms with van der Waals surface area (Å²) in [5.74, 6) is -0.284. The number of aromatic nitrogens is 5. The van der Waals surface area contributed by atoms with E-state index in [1.165, 1.54) is 19.0 Å². The zero-order chi connectivity index (χ0) is 9.97. The number of hydrogen-bond donors (Lipinski definition) is 2. The molecule has 2 aromatic heterocycles. The molecule has 2 rings (SSSR count). The van der Waals surface area contributed by atoms with Crippen molar-refractivity contribution >= 4 is 5.91 Å². The van der Waals surface area contributed by atoms with Gasteiger partial charge in [-0.3, -0.25) is 4.79 Å². The Hall–Kier alpha value is -2.31. The molecule has 0 aromatic carbocycles. The van der Waals surface area contributed by atoms with Crippen molar-refractivity contribution in [3.63, 3.8) is 0 Å². The number of primary amides is 1. The average molecular weight is 190 g/mol. The predicted octanol–water partition coefficient (Wildman–Crippen LogP) is -0.639. The highest BCUT2D eigenvalue weighted by Gasteiger charge is 2.14. The number of rotatable bonds is 2. The standard InChI is InChI=1S/C7H6N6O/c8-6(14)4-5(11-3-10-4)7-12-1-9-2-13-7/h1-3H,(H2,8,14)(H,10,11). The molecule has 0 aliphatic rings. The van der Waals surface area contributed by atoms with Gasteiger partial charge >= 0.3 is 0 Å². The average Bonchev–Trinajstić information content (AvgIpc) is 2.67. The maximum atomic E-state index is 10.9. The largest absolute Gasteiger partial charge is 0.364 e. The summed E-state index contributed by atoms with van der Waals surface area (Å²) in [4.78, 5) is 28.8. The van der Waals surface area contributed by atoms with E-state index in [2.05, 4.69) is 24.9 Å². The summed E-state index contributed by atoms with van der Waals surface area (Å²) < 4.78 is 0. The second-order valence-corrected chi connectivity index (χ2v) is 2.45. The van der Waals surface area contributed by atoms with E-state index in [1.54, 1.807) is 0 Å². The van der Waals surface area contributed by atoms with Crippen LogP contribution in [0.5, 0.6) is 0 Å². The van der Waals surface area contributed by atoms with Gasteiger partial charge in [-0.2, -0.15) is 0 Å². The molecule has 0 spiro atoms. The first-order valence-corrected chi connectivity index (χ1v) is 3.74. The molecule has 2 heterocycles. The molecule has 14 heavy (non-hydrogen) atoms. The van der Waals surface area contributed by atoms with Crippen LogP contribution in [0, 0.1) is 0 Å². The molecule has 7 nitrogen and oxygen atoms in total. The van der Waals surface area contributed by atoms with Gasteiger partial charge in [0, 0.05) is 0 Å². The van der Waals surface area contributed by atoms with E-state index in [1.807, 2.05) is 0 Å². The number of carbonyl (C=O) groups excluding carboxylic acids is 1. The highest BCUT2D eigenvalue weighted by molar-refractivity contribution is 5.96. The van der Waals surface area contributed by atoms with Gasteiger partial charge in [-0.05, 0) is 0 Å². The van der Waals surface area contributed by atoms with Crippen LogP contribution in [0.1, 0.15) is 10.5 Å². The molecule has 0 atom stereocenters. The van der Waals surface area contributed by atoms with Gasteiger partial charge in [-0.15, -0.1) is 0 Å². The molecule has 0 radical (unpaired) electrons. The molecule has 7 heteroatoms. The summed E-state index contributed by atoms with van der Waals surface area (Å²) in [6.45, 7) is 0. The second kappa shape index (κ2) is 3.21. The minimum absolute atomic E-state index is 0.191. The number of imidazole rings is 1. The third-order valence-corrected chi connectivity index (χ3v) is 1.59. The van der Waals surface area contributed by atoms with Crippen LogP contribution in [0.2, 0.25) is 0 Å². The van der Waals surface area contributed by atoms with Crippen molar-refractivity contribution in [2.24, 2.45) is 5.73 Å². The molecule has 0 saturated carbocycles. The molecule has 70 valence electrons. The Balaban J connectivity index is 2.52. The molecule has 0 aliphatic carbocycles. The van der Waals surface area contributed by atoms with Crippen LogP contribution >= 0.6 is 0 Å². The van der Waals surface area contributed by atoms with E-state index in [-0.39, 0.29) is 5.69 Å². The van der Waals surface area contributed by atoms with Crippen LogP contribution in [0.3, 0.4) is 0 Å². The van der Waals surface area contributed by atoms with E-state index in [9.17, 15) is 4.79 Å². The van der Waals surface area contributed by atoms with Gasteiger partial charge in [0.1, 0.15) is 24.0 Å². The lowest BCUT2D eigenvalue weighted by atomic mass is 10.3. The third-order valence-electron chi connectivity index (χ3n) is 1.59. The molecule has 2 aromatic rings. The van der Waals surface area contributed by atoms with Crippen LogP contribution < -0.4 is 5.73 Å². The summed E-state index contributed by atoms with van der Waals surface area (Å²) in [6, 6.07) is 0. The van der Waals surface area contributed by atoms with E-state index in [0.29, 0.717) is 11.5 Å². The van der Waals surface area contributed by atoms with Crippen LogP contribution in [-0.4, -0.2) is 30.8 Å². The van der Waals surface area contributed by atoms with Gasteiger partial charge in [0.15, 0.2) is 5.82 Å². The summed E-state index contributed by atoms with van der Waals surface area (Å²) >= 11 is 0. The zero-order valence-electron chi connectivity index (χ0n) is 7.01. The summed E-state index contributed by atoms with van der Waals surface area (Å²) in [5.41, 5.74) is 5.64. The number of nitrogens with one attached hydrogen (secondary N) is 1. The lowest BCUT2D eigenvalue weighted by Gasteiger charge is -1.95. The summed E-state index contributed by atoms with van der Waals surface area (Å²) in [6.07, 6.45) is 4.00. The quantitative estimate of drug-likeness (QED) is 0.654. The first kappa shape index (κ1) is 8.30. The minimum atomic E-state index is -0.599. The fourth-order valence-corrected chi connectivity index (χ4v) is 1.01. The topological polar surface area (TPSA) is 110 Å². The fraction of sp³-hybridized carbons (Fsp3) is 0. The lowest BCUT2D eigenvalue weighted by molar-refractivity contribution is 0.0996. The van der Waals surface area contributed by atoms with Crippen molar-refractivity contribution in [2.45, 2.75) is 0 Å². The van der Waals surface area contributed by atoms with Crippen LogP contribution in [0.25, 0.3) is 11.5 Å². The Morgan fingerprint density at radius 3 is 2.64 bits per heavy atom. The molecule has 0 unspecified atom stereocenters. The summed E-state index contributed by atoms with van der Waals surface area (Å²) in [5, 5.41) is 0. The fourth-order valence-electron chi connectivity index (χ4n) is 1.01. The number of nitrogens with zero attached hydrogens (tertiary/aromatic N) is 4. The molecule has 0 aliphatic heterocycles. The Kier molecular flexibility index (Phi) is 1.90. The Bertz CT molecular complexity index is 450. The molecule has 1 amide bonds. The summed E-state index contributed by atoms with van der Waals surface area (Å²) in [7, 11) is 0. The van der Waals surface area contributed by atoms with Gasteiger partial charge in [0.2, 0.25) is 0 Å². The lowest BCUT2D eigenvalue weighted by Crippen LogP contribution is -2.13. The maximum absolute atomic E-state index is 10.9. The highest BCUT2D eigenvalue weighted by Crippen LogP contribution is 2.13. The van der Waals surface area contributed by atoms with Crippen LogP contribution in [0.4, 0.5) is 0 Å². The second-order valence-electron chi connectivity index (χ2n) is 2.45. The molecule has 3 N–H and O–H groups in total. The van der Waals surface area contributed by atoms with Crippen molar-refractivity contribution in [3.05, 3.63) is 24.7 Å². The van der Waals surface area contributed by atoms with Gasteiger partial charge in [0.25, 0.3) is 5.91 Å². The van der Waals surface area contributed by atoms with Crippen LogP contribution in [-0.2, 0) is 0 Å². The molecule has 0 bridgehead atoms. The normalized spacial score (nSPS) is 10.0. The molecular weight excluding hydrogens is 184 g/mol. The third kappa shape index (κ3) is 1.30. The molecule has 0 saturated heterocycles. The molecular formula is C7H6N6O. The van der Waals surface area contributed by atoms with E-state index in [0.717, 1.165) is 0 Å². The molecule has 0 fully saturated rings. The Morgan fingerprint density at radius 2 is 2.00 bits per heavy atom. The monoisotopic (exact) mass is 190 g/mol. The smallest absolute Gasteiger partial charge is 0.267 e. The van der Waals surface area contributed by atoms with E-state index < -0.39 is 5.91 Å². The first-order valence-electron chi connectivity index (χ1n) is 3.74. The van der Waals surface area contributed by atoms with Crippen molar-refractivity contribution in [3.8, 4) is 11.5 Å². The Labute approximate surface area is 78.4 Å². The van der Waals surface area contributed by atoms with E-state index in [4.69, 9.17) is 5.73 Å². The number of carbonyl (C=O) groups is 1. The number of aromatic amines is 1. The number of H-pyrrole nitrogens is 1. The minimum Gasteiger partial charge on any atom is -0.364 e. The van der Waals surface area contributed by atoms with Gasteiger partial charge < -0.3 is 10.7 Å². The SMILES string of the molecule is NC(=O)c1[nH]cnc1-c1ncncn1. The first-order chi connectivity index (χ1) is 6.79. The maximum Gasteiger partial charge on any atom is 0.267 e. The van der Waals surface area contributed by atoms with Gasteiger partial charge in [0.05, 0.1) is 6.33 Å². The van der Waals surface area contributed by atoms with Gasteiger partial charge in [-0.1, -0.05) is 0 Å². The zero-order valence-corrected chi connectivity index (χ0v) is 7.01. The Morgan fingerprint density at radius 1 is 1.29 bits per heavy atom. The van der Waals surface area contributed by atoms with Gasteiger partial charge in [-0.25, -0.2) is 19.9 Å². The van der Waals surface area contributed by atoms with Crippen molar-refractivity contribution < 1.29 is 4.79 Å². The predicted molar refractivity (Wildman–Crippen MR) is 45.9 cm³/mol. The number of hydrogen-bond acceptors (Lipinski definition) is 5. The van der Waals surface area contributed by atoms with Crippen molar-refractivity contribution in [1.82, 2.24) is 24.9 Å². The number of amides is 1. The van der Waals surface area contributed by atoms with Crippen LogP contribution in [0.15, 0.2) is 19.0 Å². The number of nitrogens with two attached hydrogens (primary N) is 1. The van der Waals surface area contributed by atoms with Crippen molar-refractivity contribution in [1.29, 1.82) is 0 Å². The van der Waals surface area contributed by atoms with Crippen molar-refractivity contribution in [2.75, 3.05) is 0 Å². The highest BCUT2D eigenvalue weighted by atomic mass is 16.1.